The first kappa shape index (κ1) is 12.2. The summed E-state index contributed by atoms with van der Waals surface area (Å²) in [5.41, 5.74) is 0.770. The van der Waals surface area contributed by atoms with E-state index in [1.54, 1.807) is 18.3 Å². The van der Waals surface area contributed by atoms with Gasteiger partial charge in [0.1, 0.15) is 5.75 Å². The van der Waals surface area contributed by atoms with Crippen LogP contribution in [0.1, 0.15) is 19.4 Å². The van der Waals surface area contributed by atoms with Gasteiger partial charge in [-0.05, 0) is 26.0 Å². The maximum absolute atomic E-state index is 9.33. The molecule has 0 bridgehead atoms. The second-order valence-electron chi connectivity index (χ2n) is 2.93. The monoisotopic (exact) mass is 222 g/mol. The third kappa shape index (κ3) is 4.10. The Morgan fingerprint density at radius 1 is 1.31 bits per heavy atom. The molecule has 1 rings (SSSR count). The van der Waals surface area contributed by atoms with Crippen molar-refractivity contribution < 1.29 is 21.9 Å². The van der Waals surface area contributed by atoms with Gasteiger partial charge in [0.05, 0.1) is 0 Å². The van der Waals surface area contributed by atoms with Crippen molar-refractivity contribution in [1.29, 1.82) is 0 Å². The largest absolute Gasteiger partial charge is 0.507 e. The number of nitrogens with zero attached hydrogens (tertiary/aromatic N) is 1. The van der Waals surface area contributed by atoms with Gasteiger partial charge in [-0.1, -0.05) is 12.1 Å². The Balaban J connectivity index is 0.00000144. The van der Waals surface area contributed by atoms with Crippen molar-refractivity contribution >= 4 is 6.21 Å². The molecule has 1 radical (unpaired) electrons. The number of aliphatic imine (C=N–C) groups is 1. The van der Waals surface area contributed by atoms with E-state index in [-0.39, 0.29) is 28.6 Å². The molecule has 2 nitrogen and oxygen atoms in total. The number of aromatic hydroxyl groups is 1. The zero-order valence-electron chi connectivity index (χ0n) is 7.69. The smallest absolute Gasteiger partial charge is 0.124 e. The van der Waals surface area contributed by atoms with E-state index in [0.717, 1.165) is 5.56 Å². The van der Waals surface area contributed by atoms with Gasteiger partial charge in [0.25, 0.3) is 0 Å². The summed E-state index contributed by atoms with van der Waals surface area (Å²) < 4.78 is 0. The van der Waals surface area contributed by atoms with Crippen LogP contribution in [-0.4, -0.2) is 17.4 Å². The van der Waals surface area contributed by atoms with Crippen LogP contribution in [0.15, 0.2) is 29.3 Å². The van der Waals surface area contributed by atoms with E-state index in [9.17, 15) is 5.11 Å². The minimum Gasteiger partial charge on any atom is -0.507 e. The van der Waals surface area contributed by atoms with Crippen molar-refractivity contribution in [1.82, 2.24) is 0 Å². The molecule has 1 aromatic rings. The first-order valence-electron chi connectivity index (χ1n) is 4.01. The summed E-state index contributed by atoms with van der Waals surface area (Å²) in [5, 5.41) is 9.33. The normalized spacial score (nSPS) is 10.4. The van der Waals surface area contributed by atoms with Crippen LogP contribution in [0.25, 0.3) is 0 Å². The van der Waals surface area contributed by atoms with E-state index in [1.807, 2.05) is 26.0 Å². The van der Waals surface area contributed by atoms with Crippen molar-refractivity contribution in [3.63, 3.8) is 0 Å². The average Bonchev–Trinajstić information content (AvgIpc) is 2.03. The molecule has 3 heteroatoms. The molecule has 0 aliphatic carbocycles. The predicted octanol–water partition coefficient (Wildman–Crippen LogP) is 2.22. The summed E-state index contributed by atoms with van der Waals surface area (Å²) in [6.07, 6.45) is 1.69. The van der Waals surface area contributed by atoms with E-state index in [2.05, 4.69) is 4.99 Å². The molecule has 1 N–H and O–H groups in total. The van der Waals surface area contributed by atoms with E-state index >= 15 is 0 Å². The number of hydrogen-bond donors (Lipinski definition) is 1. The predicted molar refractivity (Wildman–Crippen MR) is 50.8 cm³/mol. The van der Waals surface area contributed by atoms with Crippen LogP contribution in [0.5, 0.6) is 5.75 Å². The van der Waals surface area contributed by atoms with Gasteiger partial charge in [0.15, 0.2) is 0 Å². The van der Waals surface area contributed by atoms with Crippen LogP contribution in [0, 0.1) is 0 Å². The Kier molecular flexibility index (Phi) is 5.42. The molecule has 0 saturated carbocycles. The molecule has 0 aliphatic rings. The van der Waals surface area contributed by atoms with Crippen molar-refractivity contribution in [3.05, 3.63) is 29.8 Å². The maximum Gasteiger partial charge on any atom is 0.124 e. The molecule has 0 spiro atoms. The number of phenolic OH excluding ortho intramolecular Hbond substituents is 1. The van der Waals surface area contributed by atoms with Crippen LogP contribution in [0.3, 0.4) is 0 Å². The molecule has 0 heterocycles. The maximum atomic E-state index is 9.33. The molecule has 0 atom stereocenters. The zero-order valence-corrected chi connectivity index (χ0v) is 8.73. The third-order valence-electron chi connectivity index (χ3n) is 1.45. The Hall–Kier alpha value is -0.804. The van der Waals surface area contributed by atoms with Gasteiger partial charge in [-0.3, -0.25) is 4.99 Å². The fourth-order valence-electron chi connectivity index (χ4n) is 0.826. The summed E-state index contributed by atoms with van der Waals surface area (Å²) >= 11 is 0. The number of para-hydroxylation sites is 1. The summed E-state index contributed by atoms with van der Waals surface area (Å²) in [4.78, 5) is 4.17. The van der Waals surface area contributed by atoms with Crippen molar-refractivity contribution in [3.8, 4) is 5.75 Å². The van der Waals surface area contributed by atoms with Crippen LogP contribution in [-0.2, 0) is 16.8 Å². The zero-order chi connectivity index (χ0) is 8.97. The summed E-state index contributed by atoms with van der Waals surface area (Å²) in [7, 11) is 0. The SMILES string of the molecule is CC(C)N=Cc1ccccc1O.[Co]. The summed E-state index contributed by atoms with van der Waals surface area (Å²) in [6.45, 7) is 3.99. The Bertz CT molecular complexity index is 284. The van der Waals surface area contributed by atoms with Crippen LogP contribution in [0.2, 0.25) is 0 Å². The van der Waals surface area contributed by atoms with Gasteiger partial charge in [0, 0.05) is 34.6 Å². The molecular formula is C10H13CoNO. The first-order valence-corrected chi connectivity index (χ1v) is 4.01. The quantitative estimate of drug-likeness (QED) is 0.764. The van der Waals surface area contributed by atoms with Crippen molar-refractivity contribution in [2.75, 3.05) is 0 Å². The van der Waals surface area contributed by atoms with Gasteiger partial charge < -0.3 is 5.11 Å². The number of hydrogen-bond acceptors (Lipinski definition) is 2. The third-order valence-corrected chi connectivity index (χ3v) is 1.45. The molecule has 73 valence electrons. The van der Waals surface area contributed by atoms with Gasteiger partial charge in [-0.15, -0.1) is 0 Å². The minimum atomic E-state index is 0. The molecule has 0 amide bonds. The fourth-order valence-corrected chi connectivity index (χ4v) is 0.826. The summed E-state index contributed by atoms with van der Waals surface area (Å²) in [6, 6.07) is 7.43. The fraction of sp³-hybridized carbons (Fsp3) is 0.300. The van der Waals surface area contributed by atoms with Crippen LogP contribution in [0.4, 0.5) is 0 Å². The molecule has 13 heavy (non-hydrogen) atoms. The van der Waals surface area contributed by atoms with Crippen LogP contribution >= 0.6 is 0 Å². The molecule has 0 unspecified atom stereocenters. The van der Waals surface area contributed by atoms with Gasteiger partial charge in [0.2, 0.25) is 0 Å². The summed E-state index contributed by atoms with van der Waals surface area (Å²) in [5.74, 6) is 0.280. The second-order valence-corrected chi connectivity index (χ2v) is 2.93. The molecule has 0 aromatic heterocycles. The molecule has 0 saturated heterocycles. The second kappa shape index (κ2) is 5.78. The van der Waals surface area contributed by atoms with Crippen molar-refractivity contribution in [2.45, 2.75) is 19.9 Å². The average molecular weight is 222 g/mol. The number of rotatable bonds is 2. The van der Waals surface area contributed by atoms with E-state index in [1.165, 1.54) is 0 Å². The molecule has 1 aromatic carbocycles. The van der Waals surface area contributed by atoms with Gasteiger partial charge >= 0.3 is 0 Å². The number of benzene rings is 1. The van der Waals surface area contributed by atoms with E-state index in [0.29, 0.717) is 0 Å². The van der Waals surface area contributed by atoms with E-state index in [4.69, 9.17) is 0 Å². The van der Waals surface area contributed by atoms with Gasteiger partial charge in [-0.2, -0.15) is 0 Å². The molecule has 0 fully saturated rings. The van der Waals surface area contributed by atoms with E-state index < -0.39 is 0 Å². The van der Waals surface area contributed by atoms with Crippen molar-refractivity contribution in [2.24, 2.45) is 4.99 Å². The van der Waals surface area contributed by atoms with Gasteiger partial charge in [-0.25, -0.2) is 0 Å². The molecule has 0 aliphatic heterocycles. The minimum absolute atomic E-state index is 0. The number of phenols is 1. The topological polar surface area (TPSA) is 32.6 Å². The first-order chi connectivity index (χ1) is 5.70. The Morgan fingerprint density at radius 3 is 2.46 bits per heavy atom. The Labute approximate surface area is 88.9 Å². The van der Waals surface area contributed by atoms with Crippen LogP contribution < -0.4 is 0 Å². The Morgan fingerprint density at radius 2 is 1.92 bits per heavy atom. The standard InChI is InChI=1S/C10H13NO.Co/c1-8(2)11-7-9-5-3-4-6-10(9)12;/h3-8,12H,1-2H3;. The molecular weight excluding hydrogens is 209 g/mol.